The summed E-state index contributed by atoms with van der Waals surface area (Å²) in [6, 6.07) is 6.02. The molecule has 124 valence electrons. The molecule has 23 heavy (non-hydrogen) atoms. The van der Waals surface area contributed by atoms with Crippen molar-refractivity contribution in [2.45, 2.75) is 32.4 Å². The summed E-state index contributed by atoms with van der Waals surface area (Å²) in [5.74, 6) is -0.377. The van der Waals surface area contributed by atoms with Gasteiger partial charge in [-0.2, -0.15) is 5.10 Å². The molecule has 2 rings (SSSR count). The van der Waals surface area contributed by atoms with Gasteiger partial charge in [-0.15, -0.1) is 0 Å². The van der Waals surface area contributed by atoms with Crippen molar-refractivity contribution < 1.29 is 9.18 Å². The Morgan fingerprint density at radius 3 is 2.43 bits per heavy atom. The third-order valence-electron chi connectivity index (χ3n) is 3.24. The molecule has 0 aliphatic carbocycles. The number of hydrogen-bond donors (Lipinski definition) is 2. The molecule has 1 atom stereocenters. The summed E-state index contributed by atoms with van der Waals surface area (Å²) < 4.78 is 14.9. The minimum atomic E-state index is -0.288. The highest BCUT2D eigenvalue weighted by atomic mass is 19.1. The third kappa shape index (κ3) is 5.17. The lowest BCUT2D eigenvalue weighted by molar-refractivity contribution is -0.121. The van der Waals surface area contributed by atoms with Crippen LogP contribution < -0.4 is 10.6 Å². The maximum Gasteiger partial charge on any atom is 0.234 e. The van der Waals surface area contributed by atoms with E-state index in [0.29, 0.717) is 0 Å². The molecule has 1 heterocycles. The van der Waals surface area contributed by atoms with Gasteiger partial charge < -0.3 is 5.32 Å². The Balaban J connectivity index is 2.14. The van der Waals surface area contributed by atoms with E-state index in [4.69, 9.17) is 0 Å². The molecule has 0 saturated heterocycles. The number of nitrogens with zero attached hydrogens (tertiary/aromatic N) is 2. The number of carbonyl (C=O) groups excluding carboxylic acids is 1. The molecule has 2 N–H and O–H groups in total. The van der Waals surface area contributed by atoms with Crippen molar-refractivity contribution in [2.24, 2.45) is 7.05 Å². The second kappa shape index (κ2) is 6.91. The third-order valence-corrected chi connectivity index (χ3v) is 3.24. The normalized spacial score (nSPS) is 12.9. The van der Waals surface area contributed by atoms with Crippen molar-refractivity contribution in [1.82, 2.24) is 20.4 Å². The summed E-state index contributed by atoms with van der Waals surface area (Å²) in [7, 11) is 1.83. The lowest BCUT2D eigenvalue weighted by Crippen LogP contribution is -2.45. The van der Waals surface area contributed by atoms with Crippen molar-refractivity contribution in [3.63, 3.8) is 0 Å². The average Bonchev–Trinajstić information content (AvgIpc) is 2.85. The van der Waals surface area contributed by atoms with Crippen LogP contribution in [0.2, 0.25) is 0 Å². The number of aryl methyl sites for hydroxylation is 1. The lowest BCUT2D eigenvalue weighted by atomic mass is 10.0. The van der Waals surface area contributed by atoms with E-state index >= 15 is 0 Å². The van der Waals surface area contributed by atoms with Gasteiger partial charge in [-0.3, -0.25) is 14.8 Å². The monoisotopic (exact) mass is 318 g/mol. The van der Waals surface area contributed by atoms with Crippen LogP contribution >= 0.6 is 0 Å². The highest BCUT2D eigenvalue weighted by molar-refractivity contribution is 5.78. The quantitative estimate of drug-likeness (QED) is 0.888. The van der Waals surface area contributed by atoms with Gasteiger partial charge in [-0.25, -0.2) is 4.39 Å². The SMILES string of the molecule is Cn1cc([C@@H](NCC(=O)NC(C)(C)C)c2ccc(F)cc2)cn1. The molecule has 1 aromatic carbocycles. The van der Waals surface area contributed by atoms with E-state index in [1.807, 2.05) is 34.0 Å². The zero-order valence-corrected chi connectivity index (χ0v) is 13.9. The second-order valence-corrected chi connectivity index (χ2v) is 6.61. The molecule has 0 unspecified atom stereocenters. The van der Waals surface area contributed by atoms with Gasteiger partial charge >= 0.3 is 0 Å². The summed E-state index contributed by atoms with van der Waals surface area (Å²) in [6.45, 7) is 5.96. The molecule has 2 aromatic rings. The van der Waals surface area contributed by atoms with E-state index in [1.165, 1.54) is 12.1 Å². The number of benzene rings is 1. The van der Waals surface area contributed by atoms with E-state index in [9.17, 15) is 9.18 Å². The molecular weight excluding hydrogens is 295 g/mol. The van der Waals surface area contributed by atoms with Crippen LogP contribution in [0, 0.1) is 5.82 Å². The molecule has 0 spiro atoms. The Kier molecular flexibility index (Phi) is 5.15. The van der Waals surface area contributed by atoms with Gasteiger partial charge in [0, 0.05) is 24.3 Å². The summed E-state index contributed by atoms with van der Waals surface area (Å²) in [5.41, 5.74) is 1.52. The van der Waals surface area contributed by atoms with Crippen LogP contribution in [0.4, 0.5) is 4.39 Å². The second-order valence-electron chi connectivity index (χ2n) is 6.61. The molecule has 0 bridgehead atoms. The first kappa shape index (κ1) is 17.1. The Bertz CT molecular complexity index is 658. The number of nitrogens with one attached hydrogen (secondary N) is 2. The van der Waals surface area contributed by atoms with Gasteiger partial charge in [0.25, 0.3) is 0 Å². The molecule has 1 aromatic heterocycles. The van der Waals surface area contributed by atoms with Gasteiger partial charge in [0.2, 0.25) is 5.91 Å². The Morgan fingerprint density at radius 1 is 1.26 bits per heavy atom. The van der Waals surface area contributed by atoms with Crippen molar-refractivity contribution in [3.8, 4) is 0 Å². The fourth-order valence-corrected chi connectivity index (χ4v) is 2.33. The number of halogens is 1. The summed E-state index contributed by atoms with van der Waals surface area (Å²) in [5, 5.41) is 10.3. The van der Waals surface area contributed by atoms with Gasteiger partial charge in [-0.1, -0.05) is 12.1 Å². The van der Waals surface area contributed by atoms with Gasteiger partial charge in [0.1, 0.15) is 5.82 Å². The minimum absolute atomic E-state index is 0.0894. The van der Waals surface area contributed by atoms with Crippen molar-refractivity contribution in [2.75, 3.05) is 6.54 Å². The van der Waals surface area contributed by atoms with Crippen LogP contribution in [-0.2, 0) is 11.8 Å². The van der Waals surface area contributed by atoms with Crippen molar-refractivity contribution in [3.05, 3.63) is 53.6 Å². The molecule has 1 amide bonds. The average molecular weight is 318 g/mol. The Labute approximate surface area is 135 Å². The van der Waals surface area contributed by atoms with Gasteiger partial charge in [0.15, 0.2) is 0 Å². The zero-order chi connectivity index (χ0) is 17.0. The summed E-state index contributed by atoms with van der Waals surface area (Å²) in [4.78, 5) is 12.0. The zero-order valence-electron chi connectivity index (χ0n) is 13.9. The molecule has 5 nitrogen and oxygen atoms in total. The summed E-state index contributed by atoms with van der Waals surface area (Å²) >= 11 is 0. The van der Waals surface area contributed by atoms with E-state index in [2.05, 4.69) is 15.7 Å². The van der Waals surface area contributed by atoms with E-state index < -0.39 is 0 Å². The number of hydrogen-bond acceptors (Lipinski definition) is 3. The lowest BCUT2D eigenvalue weighted by Gasteiger charge is -2.22. The van der Waals surface area contributed by atoms with Crippen LogP contribution in [0.15, 0.2) is 36.7 Å². The first-order valence-corrected chi connectivity index (χ1v) is 7.53. The number of aromatic nitrogens is 2. The topological polar surface area (TPSA) is 59.0 Å². The fraction of sp³-hybridized carbons (Fsp3) is 0.412. The van der Waals surface area contributed by atoms with Crippen molar-refractivity contribution in [1.29, 1.82) is 0 Å². The van der Waals surface area contributed by atoms with Crippen LogP contribution in [0.25, 0.3) is 0 Å². The standard InChI is InChI=1S/C17H23FN4O/c1-17(2,3)21-15(23)10-19-16(13-9-20-22(4)11-13)12-5-7-14(18)8-6-12/h5-9,11,16,19H,10H2,1-4H3,(H,21,23)/t16-/m0/s1. The fourth-order valence-electron chi connectivity index (χ4n) is 2.33. The Hall–Kier alpha value is -2.21. The predicted octanol–water partition coefficient (Wildman–Crippen LogP) is 2.15. The number of amides is 1. The molecule has 0 radical (unpaired) electrons. The molecule has 0 aliphatic heterocycles. The molecule has 0 aliphatic rings. The molecule has 0 saturated carbocycles. The van der Waals surface area contributed by atoms with Gasteiger partial charge in [0.05, 0.1) is 18.8 Å². The number of carbonyl (C=O) groups is 1. The van der Waals surface area contributed by atoms with E-state index in [1.54, 1.807) is 23.0 Å². The van der Waals surface area contributed by atoms with Gasteiger partial charge in [-0.05, 0) is 38.5 Å². The van der Waals surface area contributed by atoms with Crippen LogP contribution in [0.1, 0.15) is 37.9 Å². The molecule has 0 fully saturated rings. The predicted molar refractivity (Wildman–Crippen MR) is 87.3 cm³/mol. The number of rotatable bonds is 5. The first-order chi connectivity index (χ1) is 10.7. The highest BCUT2D eigenvalue weighted by Gasteiger charge is 2.19. The maximum atomic E-state index is 13.2. The first-order valence-electron chi connectivity index (χ1n) is 7.53. The van der Waals surface area contributed by atoms with Crippen LogP contribution in [0.5, 0.6) is 0 Å². The minimum Gasteiger partial charge on any atom is -0.350 e. The highest BCUT2D eigenvalue weighted by Crippen LogP contribution is 2.21. The maximum absolute atomic E-state index is 13.2. The Morgan fingerprint density at radius 2 is 1.91 bits per heavy atom. The van der Waals surface area contributed by atoms with E-state index in [-0.39, 0.29) is 29.8 Å². The summed E-state index contributed by atoms with van der Waals surface area (Å²) in [6.07, 6.45) is 3.62. The van der Waals surface area contributed by atoms with Crippen LogP contribution in [-0.4, -0.2) is 27.8 Å². The molecular formula is C17H23FN4O. The van der Waals surface area contributed by atoms with Crippen LogP contribution in [0.3, 0.4) is 0 Å². The smallest absolute Gasteiger partial charge is 0.234 e. The largest absolute Gasteiger partial charge is 0.350 e. The molecule has 6 heteroatoms. The van der Waals surface area contributed by atoms with Crippen molar-refractivity contribution >= 4 is 5.91 Å². The van der Waals surface area contributed by atoms with E-state index in [0.717, 1.165) is 11.1 Å².